The molecule has 7 heteroatoms. The summed E-state index contributed by atoms with van der Waals surface area (Å²) in [5, 5.41) is 5.41. The first-order chi connectivity index (χ1) is 9.21. The fraction of sp³-hybridized carbons (Fsp3) is 0.250. The molecule has 0 aliphatic carbocycles. The van der Waals surface area contributed by atoms with E-state index in [2.05, 4.69) is 33.5 Å². The average molecular weight is 274 g/mol. The zero-order valence-corrected chi connectivity index (χ0v) is 11.5. The van der Waals surface area contributed by atoms with E-state index in [1.54, 1.807) is 16.0 Å². The number of hydrogen-bond acceptors (Lipinski definition) is 6. The van der Waals surface area contributed by atoms with Gasteiger partial charge in [0.2, 0.25) is 5.95 Å². The van der Waals surface area contributed by atoms with Crippen LogP contribution in [-0.4, -0.2) is 19.7 Å². The highest BCUT2D eigenvalue weighted by atomic mass is 32.1. The van der Waals surface area contributed by atoms with Crippen LogP contribution in [0, 0.1) is 6.92 Å². The van der Waals surface area contributed by atoms with Crippen LogP contribution < -0.4 is 11.3 Å². The van der Waals surface area contributed by atoms with E-state index in [4.69, 9.17) is 5.84 Å². The van der Waals surface area contributed by atoms with Gasteiger partial charge in [-0.15, -0.1) is 11.3 Å². The number of hydrazine groups is 1. The van der Waals surface area contributed by atoms with Crippen LogP contribution in [0.5, 0.6) is 0 Å². The number of nitrogen functional groups attached to an aromatic ring is 1. The van der Waals surface area contributed by atoms with E-state index in [-0.39, 0.29) is 0 Å². The molecule has 0 spiro atoms. The van der Waals surface area contributed by atoms with Crippen LogP contribution in [0.1, 0.15) is 17.5 Å². The van der Waals surface area contributed by atoms with Gasteiger partial charge in [0.25, 0.3) is 0 Å². The van der Waals surface area contributed by atoms with Gasteiger partial charge in [0.15, 0.2) is 5.82 Å². The largest absolute Gasteiger partial charge is 0.292 e. The van der Waals surface area contributed by atoms with E-state index in [0.717, 1.165) is 28.1 Å². The van der Waals surface area contributed by atoms with Gasteiger partial charge in [-0.05, 0) is 25.5 Å². The third kappa shape index (κ3) is 2.06. The van der Waals surface area contributed by atoms with Crippen molar-refractivity contribution in [2.75, 3.05) is 5.43 Å². The molecule has 0 bridgehead atoms. The number of nitrogens with zero attached hydrogens (tertiary/aromatic N) is 4. The van der Waals surface area contributed by atoms with Gasteiger partial charge in [0.1, 0.15) is 4.83 Å². The first-order valence-electron chi connectivity index (χ1n) is 6.01. The lowest BCUT2D eigenvalue weighted by Crippen LogP contribution is -2.12. The van der Waals surface area contributed by atoms with Gasteiger partial charge < -0.3 is 0 Å². The topological polar surface area (TPSA) is 81.7 Å². The van der Waals surface area contributed by atoms with Crippen molar-refractivity contribution >= 4 is 27.5 Å². The van der Waals surface area contributed by atoms with E-state index < -0.39 is 0 Å². The predicted molar refractivity (Wildman–Crippen MR) is 76.5 cm³/mol. The molecule has 3 rings (SSSR count). The quantitative estimate of drug-likeness (QED) is 0.564. The number of thiophene rings is 1. The summed E-state index contributed by atoms with van der Waals surface area (Å²) in [4.78, 5) is 11.0. The molecule has 0 atom stereocenters. The molecule has 0 aromatic carbocycles. The lowest BCUT2D eigenvalue weighted by Gasteiger charge is -2.04. The number of aromatic nitrogens is 4. The van der Waals surface area contributed by atoms with Crippen LogP contribution >= 0.6 is 11.3 Å². The molecule has 0 aliphatic rings. The smallest absolute Gasteiger partial charge is 0.240 e. The molecule has 0 aliphatic heterocycles. The van der Waals surface area contributed by atoms with Gasteiger partial charge in [-0.25, -0.2) is 15.5 Å². The highest BCUT2D eigenvalue weighted by Gasteiger charge is 2.13. The van der Waals surface area contributed by atoms with Crippen molar-refractivity contribution in [3.05, 3.63) is 28.9 Å². The first kappa shape index (κ1) is 12.1. The summed E-state index contributed by atoms with van der Waals surface area (Å²) < 4.78 is 1.76. The number of rotatable bonds is 3. The maximum Gasteiger partial charge on any atom is 0.240 e. The molecule has 3 aromatic heterocycles. The van der Waals surface area contributed by atoms with Gasteiger partial charge in [0.05, 0.1) is 11.1 Å². The Morgan fingerprint density at radius 2 is 2.26 bits per heavy atom. The summed E-state index contributed by atoms with van der Waals surface area (Å²) >= 11 is 1.65. The second-order valence-electron chi connectivity index (χ2n) is 4.20. The lowest BCUT2D eigenvalue weighted by molar-refractivity contribution is 0.837. The first-order valence-corrected chi connectivity index (χ1v) is 6.82. The van der Waals surface area contributed by atoms with Crippen LogP contribution in [0.4, 0.5) is 5.95 Å². The van der Waals surface area contributed by atoms with Crippen LogP contribution in [0.2, 0.25) is 0 Å². The van der Waals surface area contributed by atoms with Gasteiger partial charge >= 0.3 is 0 Å². The van der Waals surface area contributed by atoms with Crippen LogP contribution in [0.15, 0.2) is 18.3 Å². The maximum atomic E-state index is 5.43. The molecule has 0 radical (unpaired) electrons. The Balaban J connectivity index is 2.28. The lowest BCUT2D eigenvalue weighted by atomic mass is 10.3. The van der Waals surface area contributed by atoms with Crippen LogP contribution in [0.25, 0.3) is 16.0 Å². The van der Waals surface area contributed by atoms with Crippen molar-refractivity contribution in [2.45, 2.75) is 20.3 Å². The summed E-state index contributed by atoms with van der Waals surface area (Å²) in [6.07, 6.45) is 2.87. The van der Waals surface area contributed by atoms with Crippen molar-refractivity contribution in [3.8, 4) is 5.82 Å². The Kier molecular flexibility index (Phi) is 2.92. The van der Waals surface area contributed by atoms with Crippen molar-refractivity contribution < 1.29 is 0 Å². The number of nitrogens with one attached hydrogen (secondary N) is 1. The normalized spacial score (nSPS) is 11.1. The molecule has 0 fully saturated rings. The third-order valence-electron chi connectivity index (χ3n) is 2.84. The summed E-state index contributed by atoms with van der Waals surface area (Å²) in [6, 6.07) is 4.06. The van der Waals surface area contributed by atoms with E-state index in [1.807, 2.05) is 19.2 Å². The minimum atomic E-state index is 0.403. The molecule has 19 heavy (non-hydrogen) atoms. The van der Waals surface area contributed by atoms with Gasteiger partial charge in [-0.3, -0.25) is 5.43 Å². The second-order valence-corrected chi connectivity index (χ2v) is 5.32. The number of hydrogen-bond donors (Lipinski definition) is 2. The van der Waals surface area contributed by atoms with Crippen molar-refractivity contribution in [1.82, 2.24) is 19.7 Å². The molecular formula is C12H14N6S. The number of nitrogens with two attached hydrogens (primary N) is 1. The highest BCUT2D eigenvalue weighted by molar-refractivity contribution is 7.18. The standard InChI is InChI=1S/C12H14N6S/c1-3-8-6-9-10(18-5-4-7(2)17-18)14-12(16-13)15-11(9)19-8/h4-6H,3,13H2,1-2H3,(H,14,15,16). The Bertz CT molecular complexity index is 729. The average Bonchev–Trinajstić information content (AvgIpc) is 3.02. The van der Waals surface area contributed by atoms with E-state index >= 15 is 0 Å². The maximum absolute atomic E-state index is 5.43. The van der Waals surface area contributed by atoms with E-state index in [0.29, 0.717) is 5.95 Å². The molecule has 3 N–H and O–H groups in total. The Morgan fingerprint density at radius 1 is 1.42 bits per heavy atom. The predicted octanol–water partition coefficient (Wildman–Crippen LogP) is 2.03. The van der Waals surface area contributed by atoms with Gasteiger partial charge in [-0.1, -0.05) is 6.92 Å². The van der Waals surface area contributed by atoms with Gasteiger partial charge in [0, 0.05) is 11.1 Å². The fourth-order valence-corrected chi connectivity index (χ4v) is 2.86. The molecule has 3 heterocycles. The summed E-state index contributed by atoms with van der Waals surface area (Å²) in [6.45, 7) is 4.07. The summed E-state index contributed by atoms with van der Waals surface area (Å²) in [5.41, 5.74) is 3.45. The molecule has 98 valence electrons. The molecule has 0 amide bonds. The van der Waals surface area contributed by atoms with Crippen molar-refractivity contribution in [2.24, 2.45) is 5.84 Å². The van der Waals surface area contributed by atoms with Crippen molar-refractivity contribution in [3.63, 3.8) is 0 Å². The number of anilines is 1. The SMILES string of the molecule is CCc1cc2c(-n3ccc(C)n3)nc(NN)nc2s1. The molecular weight excluding hydrogens is 260 g/mol. The zero-order valence-electron chi connectivity index (χ0n) is 10.7. The molecule has 0 unspecified atom stereocenters. The molecule has 3 aromatic rings. The molecule has 0 saturated carbocycles. The Morgan fingerprint density at radius 3 is 2.89 bits per heavy atom. The zero-order chi connectivity index (χ0) is 13.4. The number of aryl methyl sites for hydroxylation is 2. The minimum Gasteiger partial charge on any atom is -0.292 e. The van der Waals surface area contributed by atoms with E-state index in [1.165, 1.54) is 4.88 Å². The summed E-state index contributed by atoms with van der Waals surface area (Å²) in [5.74, 6) is 6.59. The van der Waals surface area contributed by atoms with Crippen LogP contribution in [0.3, 0.4) is 0 Å². The molecule has 6 nitrogen and oxygen atoms in total. The van der Waals surface area contributed by atoms with Gasteiger partial charge in [-0.2, -0.15) is 10.1 Å². The highest BCUT2D eigenvalue weighted by Crippen LogP contribution is 2.29. The van der Waals surface area contributed by atoms with Crippen LogP contribution in [-0.2, 0) is 6.42 Å². The fourth-order valence-electron chi connectivity index (χ4n) is 1.90. The summed E-state index contributed by atoms with van der Waals surface area (Å²) in [7, 11) is 0. The van der Waals surface area contributed by atoms with E-state index in [9.17, 15) is 0 Å². The minimum absolute atomic E-state index is 0.403. The number of fused-ring (bicyclic) bond motifs is 1. The second kappa shape index (κ2) is 4.60. The Labute approximate surface area is 114 Å². The third-order valence-corrected chi connectivity index (χ3v) is 4.01. The monoisotopic (exact) mass is 274 g/mol. The molecule has 0 saturated heterocycles. The van der Waals surface area contributed by atoms with Crippen molar-refractivity contribution in [1.29, 1.82) is 0 Å². The Hall–Kier alpha value is -1.99.